The SMILES string of the molecule is Cc1nc2ccccc2n1[C@H]1C[C@H]2CC[C@@H](C1)N2CCC1(c2ccccc2)CCN(C(=O)c2cc(Cl)ccc2N)CC1. The average Bonchev–Trinajstić information content (AvgIpc) is 3.48. The Balaban J connectivity index is 1.07. The first-order valence-corrected chi connectivity index (χ1v) is 15.9. The van der Waals surface area contributed by atoms with Gasteiger partial charge in [0.1, 0.15) is 5.82 Å². The van der Waals surface area contributed by atoms with Crippen molar-refractivity contribution in [2.75, 3.05) is 25.4 Å². The molecule has 0 unspecified atom stereocenters. The van der Waals surface area contributed by atoms with E-state index in [-0.39, 0.29) is 11.3 Å². The lowest BCUT2D eigenvalue weighted by molar-refractivity contribution is 0.0608. The summed E-state index contributed by atoms with van der Waals surface area (Å²) in [6.07, 6.45) is 7.98. The van der Waals surface area contributed by atoms with Crippen molar-refractivity contribution in [3.63, 3.8) is 0 Å². The molecular weight excluding hydrogens is 542 g/mol. The highest BCUT2D eigenvalue weighted by atomic mass is 35.5. The van der Waals surface area contributed by atoms with Crippen LogP contribution in [-0.2, 0) is 5.41 Å². The van der Waals surface area contributed by atoms with Crippen LogP contribution in [0.15, 0.2) is 72.8 Å². The van der Waals surface area contributed by atoms with Gasteiger partial charge in [0.15, 0.2) is 0 Å². The van der Waals surface area contributed by atoms with E-state index in [2.05, 4.69) is 71.0 Å². The molecule has 0 radical (unpaired) electrons. The molecule has 3 fully saturated rings. The minimum Gasteiger partial charge on any atom is -0.398 e. The minimum absolute atomic E-state index is 0.0147. The maximum atomic E-state index is 13.4. The molecule has 2 N–H and O–H groups in total. The number of aryl methyl sites for hydroxylation is 1. The average molecular weight is 582 g/mol. The Morgan fingerprint density at radius 3 is 2.38 bits per heavy atom. The second kappa shape index (κ2) is 11.1. The maximum Gasteiger partial charge on any atom is 0.255 e. The second-order valence-corrected chi connectivity index (χ2v) is 13.1. The fraction of sp³-hybridized carbons (Fsp3) is 0.429. The highest BCUT2D eigenvalue weighted by Gasteiger charge is 2.44. The minimum atomic E-state index is -0.0147. The van der Waals surface area contributed by atoms with Gasteiger partial charge >= 0.3 is 0 Å². The molecule has 4 heterocycles. The number of nitrogen functional groups attached to an aromatic ring is 1. The standard InChI is InChI=1S/C35H40ClN5O/c1-24-38-32-9-5-6-10-33(32)41(24)29-22-27-12-13-28(23-29)40(27)20-17-35(25-7-3-2-4-8-25)15-18-39(19-16-35)34(42)30-21-26(36)11-14-31(30)37/h2-11,14,21,27-29H,12-13,15-20,22-23,37H2,1H3/t27-,28+,29+. The molecule has 0 spiro atoms. The third kappa shape index (κ3) is 4.88. The molecule has 2 bridgehead atoms. The number of benzene rings is 3. The van der Waals surface area contributed by atoms with Gasteiger partial charge in [0.25, 0.3) is 5.91 Å². The molecule has 1 aromatic heterocycles. The number of rotatable bonds is 6. The van der Waals surface area contributed by atoms with Crippen molar-refractivity contribution < 1.29 is 4.79 Å². The molecule has 218 valence electrons. The van der Waals surface area contributed by atoms with E-state index in [1.807, 2.05) is 4.90 Å². The molecule has 0 aliphatic carbocycles. The molecule has 4 aromatic rings. The van der Waals surface area contributed by atoms with Crippen LogP contribution in [0.3, 0.4) is 0 Å². The first kappa shape index (κ1) is 27.5. The fourth-order valence-corrected chi connectivity index (χ4v) is 8.46. The number of hydrogen-bond donors (Lipinski definition) is 1. The topological polar surface area (TPSA) is 67.4 Å². The van der Waals surface area contributed by atoms with Crippen LogP contribution < -0.4 is 5.73 Å². The number of halogens is 1. The first-order valence-electron chi connectivity index (χ1n) is 15.5. The number of hydrogen-bond acceptors (Lipinski definition) is 4. The molecule has 6 nitrogen and oxygen atoms in total. The summed E-state index contributed by atoms with van der Waals surface area (Å²) in [5.41, 5.74) is 11.0. The summed E-state index contributed by atoms with van der Waals surface area (Å²) in [7, 11) is 0. The van der Waals surface area contributed by atoms with E-state index in [0.717, 1.165) is 50.2 Å². The Labute approximate surface area is 253 Å². The Morgan fingerprint density at radius 2 is 1.64 bits per heavy atom. The molecule has 3 atom stereocenters. The Kier molecular flexibility index (Phi) is 7.23. The van der Waals surface area contributed by atoms with Crippen LogP contribution in [0.4, 0.5) is 5.69 Å². The number of piperidine rings is 2. The van der Waals surface area contributed by atoms with Crippen molar-refractivity contribution in [1.82, 2.24) is 19.4 Å². The molecule has 7 heteroatoms. The number of para-hydroxylation sites is 2. The zero-order valence-corrected chi connectivity index (χ0v) is 25.1. The zero-order valence-electron chi connectivity index (χ0n) is 24.4. The van der Waals surface area contributed by atoms with Gasteiger partial charge in [-0.2, -0.15) is 0 Å². The predicted octanol–water partition coefficient (Wildman–Crippen LogP) is 7.01. The third-order valence-electron chi connectivity index (χ3n) is 10.5. The summed E-state index contributed by atoms with van der Waals surface area (Å²) in [5.74, 6) is 1.12. The molecule has 3 aromatic carbocycles. The van der Waals surface area contributed by atoms with Gasteiger partial charge in [-0.3, -0.25) is 9.69 Å². The van der Waals surface area contributed by atoms with Crippen LogP contribution in [0.5, 0.6) is 0 Å². The van der Waals surface area contributed by atoms with E-state index in [1.54, 1.807) is 18.2 Å². The lowest BCUT2D eigenvalue weighted by Crippen LogP contribution is -2.49. The van der Waals surface area contributed by atoms with Gasteiger partial charge in [0.2, 0.25) is 0 Å². The monoisotopic (exact) mass is 581 g/mol. The highest BCUT2D eigenvalue weighted by molar-refractivity contribution is 6.31. The largest absolute Gasteiger partial charge is 0.398 e. The van der Waals surface area contributed by atoms with Gasteiger partial charge in [-0.15, -0.1) is 0 Å². The normalized spacial score (nSPS) is 23.9. The summed E-state index contributed by atoms with van der Waals surface area (Å²) in [4.78, 5) is 23.1. The van der Waals surface area contributed by atoms with Gasteiger partial charge in [0, 0.05) is 41.9 Å². The molecular formula is C35H40ClN5O. The van der Waals surface area contributed by atoms with E-state index in [0.29, 0.717) is 34.4 Å². The quantitative estimate of drug-likeness (QED) is 0.249. The van der Waals surface area contributed by atoms with Crippen LogP contribution in [0.2, 0.25) is 5.02 Å². The van der Waals surface area contributed by atoms with E-state index in [1.165, 1.54) is 36.8 Å². The summed E-state index contributed by atoms with van der Waals surface area (Å²) in [6.45, 7) is 4.72. The molecule has 1 amide bonds. The molecule has 42 heavy (non-hydrogen) atoms. The van der Waals surface area contributed by atoms with Crippen molar-refractivity contribution in [3.8, 4) is 0 Å². The number of carbonyl (C=O) groups excluding carboxylic acids is 1. The number of carbonyl (C=O) groups is 1. The lowest BCUT2D eigenvalue weighted by Gasteiger charge is -2.45. The molecule has 0 saturated carbocycles. The van der Waals surface area contributed by atoms with Crippen molar-refractivity contribution in [2.45, 2.75) is 75.4 Å². The van der Waals surface area contributed by atoms with Gasteiger partial charge < -0.3 is 15.2 Å². The number of aromatic nitrogens is 2. The van der Waals surface area contributed by atoms with Crippen molar-refractivity contribution in [2.24, 2.45) is 0 Å². The molecule has 7 rings (SSSR count). The van der Waals surface area contributed by atoms with Gasteiger partial charge in [-0.25, -0.2) is 4.98 Å². The lowest BCUT2D eigenvalue weighted by atomic mass is 9.70. The van der Waals surface area contributed by atoms with Gasteiger partial charge in [-0.05, 0) is 99.7 Å². The van der Waals surface area contributed by atoms with Crippen LogP contribution in [0.25, 0.3) is 11.0 Å². The molecule has 3 saturated heterocycles. The maximum absolute atomic E-state index is 13.4. The van der Waals surface area contributed by atoms with E-state index in [9.17, 15) is 4.79 Å². The number of fused-ring (bicyclic) bond motifs is 3. The molecule has 3 aliphatic heterocycles. The number of amides is 1. The Bertz CT molecular complexity index is 1580. The van der Waals surface area contributed by atoms with Crippen LogP contribution in [0.1, 0.15) is 72.7 Å². The summed E-state index contributed by atoms with van der Waals surface area (Å²) < 4.78 is 2.52. The highest BCUT2D eigenvalue weighted by Crippen LogP contribution is 2.45. The summed E-state index contributed by atoms with van der Waals surface area (Å²) >= 11 is 6.20. The summed E-state index contributed by atoms with van der Waals surface area (Å²) in [5, 5.41) is 0.540. The van der Waals surface area contributed by atoms with Crippen molar-refractivity contribution in [3.05, 3.63) is 94.8 Å². The predicted molar refractivity (Wildman–Crippen MR) is 170 cm³/mol. The number of nitrogens with zero attached hydrogens (tertiary/aromatic N) is 4. The summed E-state index contributed by atoms with van der Waals surface area (Å²) in [6, 6.07) is 26.5. The van der Waals surface area contributed by atoms with E-state index in [4.69, 9.17) is 22.3 Å². The van der Waals surface area contributed by atoms with E-state index < -0.39 is 0 Å². The zero-order chi connectivity index (χ0) is 28.8. The smallest absolute Gasteiger partial charge is 0.255 e. The third-order valence-corrected chi connectivity index (χ3v) is 10.7. The second-order valence-electron chi connectivity index (χ2n) is 12.7. The fourth-order valence-electron chi connectivity index (χ4n) is 8.29. The number of likely N-dealkylation sites (tertiary alicyclic amines) is 1. The number of nitrogens with two attached hydrogens (primary N) is 1. The van der Waals surface area contributed by atoms with Gasteiger partial charge in [-0.1, -0.05) is 54.1 Å². The van der Waals surface area contributed by atoms with Crippen LogP contribution >= 0.6 is 11.6 Å². The first-order chi connectivity index (χ1) is 20.4. The Hall–Kier alpha value is -3.35. The number of anilines is 1. The molecule has 3 aliphatic rings. The van der Waals surface area contributed by atoms with Crippen molar-refractivity contribution in [1.29, 1.82) is 0 Å². The van der Waals surface area contributed by atoms with Crippen LogP contribution in [-0.4, -0.2) is 57.0 Å². The van der Waals surface area contributed by atoms with Gasteiger partial charge in [0.05, 0.1) is 16.6 Å². The van der Waals surface area contributed by atoms with E-state index >= 15 is 0 Å². The number of imidazole rings is 1. The Morgan fingerprint density at radius 1 is 0.952 bits per heavy atom. The van der Waals surface area contributed by atoms with Crippen LogP contribution in [0, 0.1) is 6.92 Å². The van der Waals surface area contributed by atoms with Crippen molar-refractivity contribution >= 4 is 34.2 Å².